The third-order valence-corrected chi connectivity index (χ3v) is 6.28. The van der Waals surface area contributed by atoms with Crippen molar-refractivity contribution in [3.05, 3.63) is 76.4 Å². The molecule has 0 spiro atoms. The molecule has 0 aromatic carbocycles. The van der Waals surface area contributed by atoms with Crippen LogP contribution >= 0.6 is 11.3 Å². The van der Waals surface area contributed by atoms with Gasteiger partial charge in [-0.25, -0.2) is 4.98 Å². The first kappa shape index (κ1) is 20.5. The first-order valence-electron chi connectivity index (χ1n) is 10.7. The number of anilines is 1. The quantitative estimate of drug-likeness (QED) is 0.546. The van der Waals surface area contributed by atoms with Gasteiger partial charge in [0.15, 0.2) is 0 Å². The van der Waals surface area contributed by atoms with Crippen molar-refractivity contribution in [1.82, 2.24) is 15.2 Å². The van der Waals surface area contributed by atoms with E-state index in [2.05, 4.69) is 52.7 Å². The van der Waals surface area contributed by atoms with E-state index in [1.165, 1.54) is 30.5 Å². The topological polar surface area (TPSA) is 54.2 Å². The zero-order valence-corrected chi connectivity index (χ0v) is 18.5. The fourth-order valence-corrected chi connectivity index (χ4v) is 4.53. The summed E-state index contributed by atoms with van der Waals surface area (Å²) in [6.45, 7) is 8.34. The fraction of sp³-hybridized carbons (Fsp3) is 0.320. The Morgan fingerprint density at radius 1 is 1.20 bits per heavy atom. The molecule has 0 atom stereocenters. The third-order valence-electron chi connectivity index (χ3n) is 5.59. The first-order chi connectivity index (χ1) is 14.7. The van der Waals surface area contributed by atoms with Crippen molar-refractivity contribution < 1.29 is 0 Å². The lowest BCUT2D eigenvalue weighted by atomic mass is 10.1. The van der Waals surface area contributed by atoms with Gasteiger partial charge in [-0.1, -0.05) is 12.7 Å². The normalized spacial score (nSPS) is 17.1. The number of allylic oxidation sites excluding steroid dienone is 4. The van der Waals surface area contributed by atoms with Gasteiger partial charge in [0.1, 0.15) is 5.69 Å². The molecule has 4 nitrogen and oxygen atoms in total. The number of nitrogens with two attached hydrogens (primary N) is 1. The molecular weight excluding hydrogens is 388 g/mol. The van der Waals surface area contributed by atoms with Crippen LogP contribution in [0.5, 0.6) is 0 Å². The fourth-order valence-electron chi connectivity index (χ4n) is 3.88. The molecule has 156 valence electrons. The second-order valence-electron chi connectivity index (χ2n) is 7.80. The lowest BCUT2D eigenvalue weighted by Crippen LogP contribution is -2.31. The van der Waals surface area contributed by atoms with Crippen molar-refractivity contribution in [2.45, 2.75) is 39.0 Å². The maximum Gasteiger partial charge on any atom is 0.110 e. The van der Waals surface area contributed by atoms with Crippen LogP contribution in [-0.4, -0.2) is 23.0 Å². The zero-order valence-electron chi connectivity index (χ0n) is 17.7. The summed E-state index contributed by atoms with van der Waals surface area (Å²) < 4.78 is 0. The largest absolute Gasteiger partial charge is 0.397 e. The number of aromatic nitrogens is 1. The van der Waals surface area contributed by atoms with Gasteiger partial charge in [0.05, 0.1) is 28.5 Å². The van der Waals surface area contributed by atoms with Crippen molar-refractivity contribution in [1.29, 1.82) is 0 Å². The summed E-state index contributed by atoms with van der Waals surface area (Å²) in [5, 5.41) is 7.88. The number of nitrogens with one attached hydrogen (secondary N) is 1. The minimum absolute atomic E-state index is 0.699. The molecule has 2 aliphatic rings. The summed E-state index contributed by atoms with van der Waals surface area (Å²) in [4.78, 5) is 7.41. The highest BCUT2D eigenvalue weighted by Crippen LogP contribution is 2.38. The molecule has 1 aliphatic heterocycles. The zero-order chi connectivity index (χ0) is 20.9. The van der Waals surface area contributed by atoms with Gasteiger partial charge in [-0.15, -0.1) is 0 Å². The molecule has 5 heteroatoms. The van der Waals surface area contributed by atoms with Crippen molar-refractivity contribution in [3.63, 3.8) is 0 Å². The van der Waals surface area contributed by atoms with E-state index in [9.17, 15) is 0 Å². The van der Waals surface area contributed by atoms with Crippen LogP contribution in [0.4, 0.5) is 5.69 Å². The van der Waals surface area contributed by atoms with Crippen LogP contribution in [0.25, 0.3) is 17.0 Å². The maximum absolute atomic E-state index is 6.40. The van der Waals surface area contributed by atoms with Gasteiger partial charge in [-0.3, -0.25) is 0 Å². The van der Waals surface area contributed by atoms with Gasteiger partial charge in [-0.05, 0) is 80.3 Å². The highest BCUT2D eigenvalue weighted by molar-refractivity contribution is 7.08. The highest BCUT2D eigenvalue weighted by atomic mass is 32.1. The number of nitrogens with zero attached hydrogens (tertiary/aromatic N) is 2. The number of thiophene rings is 1. The van der Waals surface area contributed by atoms with Gasteiger partial charge < -0.3 is 16.0 Å². The maximum atomic E-state index is 6.40. The lowest BCUT2D eigenvalue weighted by Gasteiger charge is -2.31. The van der Waals surface area contributed by atoms with Crippen molar-refractivity contribution in [2.75, 3.05) is 18.8 Å². The predicted molar refractivity (Wildman–Crippen MR) is 129 cm³/mol. The van der Waals surface area contributed by atoms with E-state index in [0.717, 1.165) is 54.3 Å². The van der Waals surface area contributed by atoms with E-state index in [-0.39, 0.29) is 0 Å². The van der Waals surface area contributed by atoms with Crippen molar-refractivity contribution in [3.8, 4) is 11.3 Å². The Kier molecular flexibility index (Phi) is 6.38. The SMILES string of the molecule is C=C/C(NC(=C1CC1)c1nc(-c2ccsc2)ccc1N)=C(\C=C/C)N1CCCCC1. The molecule has 3 N–H and O–H groups in total. The number of likely N-dealkylation sites (tertiary alicyclic amines) is 1. The van der Waals surface area contributed by atoms with Crippen molar-refractivity contribution >= 4 is 22.7 Å². The third kappa shape index (κ3) is 4.51. The number of hydrogen-bond donors (Lipinski definition) is 2. The molecule has 0 radical (unpaired) electrons. The predicted octanol–water partition coefficient (Wildman–Crippen LogP) is 5.95. The Morgan fingerprint density at radius 2 is 2.00 bits per heavy atom. The average Bonchev–Trinajstić information content (AvgIpc) is 3.47. The molecular formula is C25H30N4S. The molecule has 30 heavy (non-hydrogen) atoms. The number of piperidine rings is 1. The van der Waals surface area contributed by atoms with Crippen LogP contribution in [0, 0.1) is 0 Å². The van der Waals surface area contributed by atoms with Gasteiger partial charge in [0.25, 0.3) is 0 Å². The van der Waals surface area contributed by atoms with Crippen LogP contribution < -0.4 is 11.1 Å². The van der Waals surface area contributed by atoms with Crippen LogP contribution in [0.1, 0.15) is 44.7 Å². The number of hydrogen-bond acceptors (Lipinski definition) is 5. The number of rotatable bonds is 7. The minimum atomic E-state index is 0.699. The Bertz CT molecular complexity index is 986. The molecule has 0 bridgehead atoms. The molecule has 0 amide bonds. The molecule has 2 aromatic rings. The van der Waals surface area contributed by atoms with Crippen LogP contribution in [0.3, 0.4) is 0 Å². The smallest absolute Gasteiger partial charge is 0.110 e. The molecule has 2 fully saturated rings. The Balaban J connectivity index is 1.73. The van der Waals surface area contributed by atoms with Gasteiger partial charge in [0, 0.05) is 24.0 Å². The number of nitrogen functional groups attached to an aromatic ring is 1. The Hall–Kier alpha value is -2.79. The van der Waals surface area contributed by atoms with E-state index in [0.29, 0.717) is 5.69 Å². The van der Waals surface area contributed by atoms with E-state index >= 15 is 0 Å². The minimum Gasteiger partial charge on any atom is -0.397 e. The van der Waals surface area contributed by atoms with Crippen LogP contribution in [0.2, 0.25) is 0 Å². The average molecular weight is 419 g/mol. The Labute approximate surface area is 183 Å². The molecule has 3 heterocycles. The van der Waals surface area contributed by atoms with E-state index in [1.54, 1.807) is 11.3 Å². The summed E-state index contributed by atoms with van der Waals surface area (Å²) in [5.74, 6) is 0. The van der Waals surface area contributed by atoms with Crippen molar-refractivity contribution in [2.24, 2.45) is 0 Å². The van der Waals surface area contributed by atoms with Gasteiger partial charge in [-0.2, -0.15) is 11.3 Å². The summed E-state index contributed by atoms with van der Waals surface area (Å²) in [6.07, 6.45) is 12.1. The molecule has 0 unspecified atom stereocenters. The molecule has 1 saturated heterocycles. The van der Waals surface area contributed by atoms with E-state index in [4.69, 9.17) is 10.7 Å². The summed E-state index contributed by atoms with van der Waals surface area (Å²) in [6, 6.07) is 6.06. The number of pyridine rings is 1. The summed E-state index contributed by atoms with van der Waals surface area (Å²) in [7, 11) is 0. The molecule has 2 aromatic heterocycles. The van der Waals surface area contributed by atoms with Crippen LogP contribution in [0.15, 0.2) is 70.7 Å². The highest BCUT2D eigenvalue weighted by Gasteiger charge is 2.24. The van der Waals surface area contributed by atoms with Gasteiger partial charge >= 0.3 is 0 Å². The molecule has 4 rings (SSSR count). The standard InChI is InChI=1S/C25H30N4S/c1-3-8-23(29-14-6-5-7-15-29)21(4-2)27-24(18-9-10-18)25-20(26)11-12-22(28-25)19-13-16-30-17-19/h3-4,8,11-13,16-17,27H,2,5-7,9-10,14-15,26H2,1H3/b8-3-,23-21-. The summed E-state index contributed by atoms with van der Waals surface area (Å²) >= 11 is 1.68. The second kappa shape index (κ2) is 9.35. The lowest BCUT2D eigenvalue weighted by molar-refractivity contribution is 0.290. The monoisotopic (exact) mass is 418 g/mol. The second-order valence-corrected chi connectivity index (χ2v) is 8.58. The van der Waals surface area contributed by atoms with E-state index in [1.807, 2.05) is 18.2 Å². The van der Waals surface area contributed by atoms with E-state index < -0.39 is 0 Å². The summed E-state index contributed by atoms with van der Waals surface area (Å²) in [5.41, 5.74) is 14.6. The molecule has 1 aliphatic carbocycles. The van der Waals surface area contributed by atoms with Crippen LogP contribution in [-0.2, 0) is 0 Å². The Morgan fingerprint density at radius 3 is 2.63 bits per heavy atom. The first-order valence-corrected chi connectivity index (χ1v) is 11.7. The molecule has 1 saturated carbocycles. The van der Waals surface area contributed by atoms with Gasteiger partial charge in [0.2, 0.25) is 0 Å².